The topological polar surface area (TPSA) is 30.5 Å². The van der Waals surface area contributed by atoms with E-state index in [0.29, 0.717) is 13.2 Å². The molecule has 0 atom stereocenters. The Kier molecular flexibility index (Phi) is 6.81. The molecule has 0 heterocycles. The Balaban J connectivity index is 2.01. The molecular weight excluding hydrogens is 202 g/mol. The summed E-state index contributed by atoms with van der Waals surface area (Å²) in [6.45, 7) is 5.93. The van der Waals surface area contributed by atoms with Crippen molar-refractivity contribution in [2.75, 3.05) is 33.5 Å². The van der Waals surface area contributed by atoms with Crippen molar-refractivity contribution in [1.82, 2.24) is 5.32 Å². The summed E-state index contributed by atoms with van der Waals surface area (Å²) in [4.78, 5) is 0. The van der Waals surface area contributed by atoms with Gasteiger partial charge in [-0.3, -0.25) is 0 Å². The molecule has 0 aliphatic carbocycles. The zero-order valence-corrected chi connectivity index (χ0v) is 10.2. The summed E-state index contributed by atoms with van der Waals surface area (Å²) >= 11 is 0. The van der Waals surface area contributed by atoms with Gasteiger partial charge in [-0.05, 0) is 12.5 Å². The highest BCUT2D eigenvalue weighted by Crippen LogP contribution is 2.01. The fraction of sp³-hybridized carbons (Fsp3) is 0.538. The molecule has 0 saturated heterocycles. The van der Waals surface area contributed by atoms with Gasteiger partial charge < -0.3 is 14.8 Å². The van der Waals surface area contributed by atoms with E-state index in [1.807, 2.05) is 0 Å². The van der Waals surface area contributed by atoms with Crippen molar-refractivity contribution in [1.29, 1.82) is 0 Å². The highest BCUT2D eigenvalue weighted by atomic mass is 16.5. The average Bonchev–Trinajstić information content (AvgIpc) is 2.30. The summed E-state index contributed by atoms with van der Waals surface area (Å²) in [6, 6.07) is 8.56. The molecule has 0 bridgehead atoms. The van der Waals surface area contributed by atoms with Crippen LogP contribution in [0, 0.1) is 6.92 Å². The normalized spacial score (nSPS) is 10.6. The molecule has 0 spiro atoms. The molecule has 1 aromatic rings. The van der Waals surface area contributed by atoms with Crippen molar-refractivity contribution in [3.05, 3.63) is 35.4 Å². The molecular formula is C13H21NO2. The molecule has 3 nitrogen and oxygen atoms in total. The first-order chi connectivity index (χ1) is 7.83. The Morgan fingerprint density at radius 1 is 1.06 bits per heavy atom. The van der Waals surface area contributed by atoms with Gasteiger partial charge in [0.05, 0.1) is 19.8 Å². The van der Waals surface area contributed by atoms with Crippen LogP contribution in [0.1, 0.15) is 11.1 Å². The number of rotatable bonds is 8. The lowest BCUT2D eigenvalue weighted by Gasteiger charge is -2.06. The maximum absolute atomic E-state index is 5.34. The Bertz CT molecular complexity index is 272. The van der Waals surface area contributed by atoms with Crippen LogP contribution in [0.15, 0.2) is 24.3 Å². The van der Waals surface area contributed by atoms with Crippen molar-refractivity contribution in [3.63, 3.8) is 0 Å². The van der Waals surface area contributed by atoms with E-state index in [1.165, 1.54) is 11.1 Å². The van der Waals surface area contributed by atoms with Crippen LogP contribution < -0.4 is 5.32 Å². The minimum atomic E-state index is 0.665. The van der Waals surface area contributed by atoms with E-state index in [2.05, 4.69) is 36.5 Å². The van der Waals surface area contributed by atoms with Crippen molar-refractivity contribution >= 4 is 0 Å². The maximum Gasteiger partial charge on any atom is 0.0700 e. The van der Waals surface area contributed by atoms with E-state index in [1.54, 1.807) is 7.11 Å². The summed E-state index contributed by atoms with van der Waals surface area (Å²) in [6.07, 6.45) is 0. The summed E-state index contributed by atoms with van der Waals surface area (Å²) in [5.41, 5.74) is 2.61. The number of benzene rings is 1. The van der Waals surface area contributed by atoms with Crippen LogP contribution in [0.4, 0.5) is 0 Å². The zero-order valence-electron chi connectivity index (χ0n) is 10.2. The average molecular weight is 223 g/mol. The maximum atomic E-state index is 5.34. The molecule has 0 radical (unpaired) electrons. The Labute approximate surface area is 97.8 Å². The van der Waals surface area contributed by atoms with Crippen LogP contribution >= 0.6 is 0 Å². The Hall–Kier alpha value is -0.900. The smallest absolute Gasteiger partial charge is 0.0700 e. The molecule has 1 aromatic carbocycles. The quantitative estimate of drug-likeness (QED) is 0.681. The van der Waals surface area contributed by atoms with Gasteiger partial charge in [0.2, 0.25) is 0 Å². The third-order valence-corrected chi connectivity index (χ3v) is 2.30. The highest BCUT2D eigenvalue weighted by molar-refractivity contribution is 5.20. The van der Waals surface area contributed by atoms with Crippen LogP contribution in [0.5, 0.6) is 0 Å². The van der Waals surface area contributed by atoms with Gasteiger partial charge in [-0.2, -0.15) is 0 Å². The lowest BCUT2D eigenvalue weighted by Crippen LogP contribution is -2.20. The van der Waals surface area contributed by atoms with Crippen LogP contribution in [-0.4, -0.2) is 33.5 Å². The number of ether oxygens (including phenoxy) is 2. The van der Waals surface area contributed by atoms with Gasteiger partial charge in [0, 0.05) is 20.2 Å². The molecule has 0 unspecified atom stereocenters. The van der Waals surface area contributed by atoms with Crippen molar-refractivity contribution in [3.8, 4) is 0 Å². The fourth-order valence-electron chi connectivity index (χ4n) is 1.33. The van der Waals surface area contributed by atoms with Gasteiger partial charge in [-0.25, -0.2) is 0 Å². The molecule has 1 N–H and O–H groups in total. The standard InChI is InChI=1S/C13H21NO2/c1-12-3-5-13(6-4-12)11-14-7-8-16-10-9-15-2/h3-6,14H,7-11H2,1-2H3. The molecule has 0 amide bonds. The third kappa shape index (κ3) is 5.85. The predicted molar refractivity (Wildman–Crippen MR) is 65.6 cm³/mol. The SMILES string of the molecule is COCCOCCNCc1ccc(C)cc1. The molecule has 1 rings (SSSR count). The van der Waals surface area contributed by atoms with Gasteiger partial charge in [-0.1, -0.05) is 29.8 Å². The van der Waals surface area contributed by atoms with E-state index in [9.17, 15) is 0 Å². The molecule has 0 saturated carbocycles. The first-order valence-corrected chi connectivity index (χ1v) is 5.66. The van der Waals surface area contributed by atoms with E-state index < -0.39 is 0 Å². The Morgan fingerprint density at radius 2 is 1.81 bits per heavy atom. The summed E-state index contributed by atoms with van der Waals surface area (Å²) in [7, 11) is 1.68. The fourth-order valence-corrected chi connectivity index (χ4v) is 1.33. The van der Waals surface area contributed by atoms with Gasteiger partial charge in [0.1, 0.15) is 0 Å². The summed E-state index contributed by atoms with van der Waals surface area (Å²) in [5, 5.41) is 3.33. The van der Waals surface area contributed by atoms with Gasteiger partial charge in [0.15, 0.2) is 0 Å². The van der Waals surface area contributed by atoms with Gasteiger partial charge in [-0.15, -0.1) is 0 Å². The molecule has 0 fully saturated rings. The summed E-state index contributed by atoms with van der Waals surface area (Å²) < 4.78 is 10.2. The van der Waals surface area contributed by atoms with E-state index in [-0.39, 0.29) is 0 Å². The molecule has 0 aromatic heterocycles. The second-order valence-electron chi connectivity index (χ2n) is 3.77. The summed E-state index contributed by atoms with van der Waals surface area (Å²) in [5.74, 6) is 0. The van der Waals surface area contributed by atoms with Crippen LogP contribution in [-0.2, 0) is 16.0 Å². The van der Waals surface area contributed by atoms with Crippen molar-refractivity contribution in [2.24, 2.45) is 0 Å². The first-order valence-electron chi connectivity index (χ1n) is 5.66. The largest absolute Gasteiger partial charge is 0.382 e. The lowest BCUT2D eigenvalue weighted by atomic mass is 10.1. The van der Waals surface area contributed by atoms with E-state index in [4.69, 9.17) is 9.47 Å². The zero-order chi connectivity index (χ0) is 11.6. The van der Waals surface area contributed by atoms with Crippen molar-refractivity contribution < 1.29 is 9.47 Å². The van der Waals surface area contributed by atoms with Crippen LogP contribution in [0.3, 0.4) is 0 Å². The van der Waals surface area contributed by atoms with Crippen LogP contribution in [0.2, 0.25) is 0 Å². The number of nitrogens with one attached hydrogen (secondary N) is 1. The van der Waals surface area contributed by atoms with Crippen LogP contribution in [0.25, 0.3) is 0 Å². The van der Waals surface area contributed by atoms with Gasteiger partial charge in [0.25, 0.3) is 0 Å². The molecule has 3 heteroatoms. The second kappa shape index (κ2) is 8.28. The van der Waals surface area contributed by atoms with E-state index >= 15 is 0 Å². The van der Waals surface area contributed by atoms with Gasteiger partial charge >= 0.3 is 0 Å². The molecule has 90 valence electrons. The number of hydrogen-bond donors (Lipinski definition) is 1. The van der Waals surface area contributed by atoms with Crippen molar-refractivity contribution in [2.45, 2.75) is 13.5 Å². The second-order valence-corrected chi connectivity index (χ2v) is 3.77. The molecule has 0 aliphatic rings. The highest BCUT2D eigenvalue weighted by Gasteiger charge is 1.92. The Morgan fingerprint density at radius 3 is 2.50 bits per heavy atom. The lowest BCUT2D eigenvalue weighted by molar-refractivity contribution is 0.0719. The monoisotopic (exact) mass is 223 g/mol. The number of methoxy groups -OCH3 is 1. The van der Waals surface area contributed by atoms with E-state index in [0.717, 1.165) is 19.7 Å². The first kappa shape index (κ1) is 13.2. The third-order valence-electron chi connectivity index (χ3n) is 2.30. The minimum absolute atomic E-state index is 0.665. The number of aryl methyl sites for hydroxylation is 1. The minimum Gasteiger partial charge on any atom is -0.382 e. The molecule has 16 heavy (non-hydrogen) atoms. The molecule has 0 aliphatic heterocycles. The predicted octanol–water partition coefficient (Wildman–Crippen LogP) is 1.75. The number of hydrogen-bond acceptors (Lipinski definition) is 3.